The number of rotatable bonds is 22. The van der Waals surface area contributed by atoms with Gasteiger partial charge < -0.3 is 40.1 Å². The summed E-state index contributed by atoms with van der Waals surface area (Å²) in [6, 6.07) is 20.7. The summed E-state index contributed by atoms with van der Waals surface area (Å²) in [7, 11) is 0. The Balaban J connectivity index is 0.673. The molecule has 2 aromatic heterocycles. The van der Waals surface area contributed by atoms with Crippen molar-refractivity contribution in [2.75, 3.05) is 84.7 Å². The summed E-state index contributed by atoms with van der Waals surface area (Å²) in [5.74, 6) is -0.933. The van der Waals surface area contributed by atoms with Crippen molar-refractivity contribution in [3.05, 3.63) is 90.3 Å². The van der Waals surface area contributed by atoms with Crippen LogP contribution in [0.1, 0.15) is 52.4 Å². The van der Waals surface area contributed by atoms with Crippen molar-refractivity contribution in [1.29, 1.82) is 0 Å². The molecule has 68 heavy (non-hydrogen) atoms. The molecular formula is C47H52N10O11. The minimum atomic E-state index is -1.08. The van der Waals surface area contributed by atoms with E-state index >= 15 is 0 Å². The maximum Gasteiger partial charge on any atom is 0.266 e. The fraction of sp³-hybridized carbons (Fsp3) is 0.383. The fourth-order valence-corrected chi connectivity index (χ4v) is 8.27. The molecule has 21 heteroatoms. The summed E-state index contributed by atoms with van der Waals surface area (Å²) in [5, 5.41) is 13.5. The summed E-state index contributed by atoms with van der Waals surface area (Å²) >= 11 is 0. The summed E-state index contributed by atoms with van der Waals surface area (Å²) in [6.07, 6.45) is 3.25. The number of piperidine rings is 2. The van der Waals surface area contributed by atoms with Gasteiger partial charge in [-0.1, -0.05) is 24.3 Å². The van der Waals surface area contributed by atoms with E-state index in [-0.39, 0.29) is 107 Å². The SMILES string of the molecule is Nc1ncnc2c1c(-c1ccc(Oc3ccccc3)cc1)nn2[C@@H]1CCCN(CC(=O)NCCOCCOCC(=O)NCCOCCOc2cccc3c2C(=O)N(C2CCC(=O)NC2=O)C3=O)C1. The number of para-hydroxylation sites is 1. The molecule has 0 radical (unpaired) electrons. The minimum Gasteiger partial charge on any atom is -0.490 e. The van der Waals surface area contributed by atoms with E-state index in [1.165, 1.54) is 12.4 Å². The molecule has 0 spiro atoms. The zero-order chi connectivity index (χ0) is 47.4. The number of benzene rings is 3. The molecule has 5 N–H and O–H groups in total. The monoisotopic (exact) mass is 932 g/mol. The first-order valence-electron chi connectivity index (χ1n) is 22.4. The number of imide groups is 2. The number of hydrogen-bond donors (Lipinski definition) is 4. The van der Waals surface area contributed by atoms with Crippen LogP contribution in [0.25, 0.3) is 22.3 Å². The van der Waals surface area contributed by atoms with Crippen LogP contribution in [0.2, 0.25) is 0 Å². The lowest BCUT2D eigenvalue weighted by molar-refractivity contribution is -0.136. The third-order valence-electron chi connectivity index (χ3n) is 11.5. The molecule has 3 aliphatic heterocycles. The van der Waals surface area contributed by atoms with Gasteiger partial charge in [-0.25, -0.2) is 14.6 Å². The number of aromatic nitrogens is 4. The maximum absolute atomic E-state index is 13.2. The number of hydrogen-bond acceptors (Lipinski definition) is 16. The number of nitrogens with two attached hydrogens (primary N) is 1. The predicted octanol–water partition coefficient (Wildman–Crippen LogP) is 2.27. The Bertz CT molecular complexity index is 2630. The molecule has 8 rings (SSSR count). The third-order valence-corrected chi connectivity index (χ3v) is 11.5. The van der Waals surface area contributed by atoms with Crippen LogP contribution in [0.15, 0.2) is 79.1 Å². The fourth-order valence-electron chi connectivity index (χ4n) is 8.27. The molecule has 2 fully saturated rings. The van der Waals surface area contributed by atoms with E-state index in [1.807, 2.05) is 59.3 Å². The molecule has 0 bridgehead atoms. The number of anilines is 1. The normalized spacial score (nSPS) is 17.3. The molecule has 5 aromatic rings. The summed E-state index contributed by atoms with van der Waals surface area (Å²) < 4.78 is 30.1. The second-order valence-electron chi connectivity index (χ2n) is 16.2. The third kappa shape index (κ3) is 11.4. The van der Waals surface area contributed by atoms with Gasteiger partial charge in [-0.05, 0) is 74.3 Å². The van der Waals surface area contributed by atoms with Crippen molar-refractivity contribution in [1.82, 2.24) is 45.5 Å². The predicted molar refractivity (Wildman–Crippen MR) is 243 cm³/mol. The second-order valence-corrected chi connectivity index (χ2v) is 16.2. The summed E-state index contributed by atoms with van der Waals surface area (Å²) in [5.41, 5.74) is 8.72. The highest BCUT2D eigenvalue weighted by atomic mass is 16.5. The number of nitrogen functional groups attached to an aromatic ring is 1. The highest BCUT2D eigenvalue weighted by Crippen LogP contribution is 2.36. The standard InChI is InChI=1S/C47H52N10O11/c48-43-41-42(30-11-13-33(14-12-30)68-32-7-2-1-3-8-32)54-57(44(41)52-29-51-43)31-6-5-19-55(26-31)27-38(59)49-17-20-64-22-23-66-28-39(60)50-18-21-65-24-25-67-36-10-4-9-34-40(36)47(63)56(46(34)62)35-15-16-37(58)53-45(35)61/h1-4,7-14,29,31,35H,5-6,15-28H2,(H,49,59)(H,50,60)(H2,48,51,52)(H,53,58,61)/t31-,35?/m1/s1. The Labute approximate surface area is 390 Å². The van der Waals surface area contributed by atoms with Crippen molar-refractivity contribution >= 4 is 52.3 Å². The van der Waals surface area contributed by atoms with Gasteiger partial charge in [0.15, 0.2) is 5.65 Å². The second kappa shape index (κ2) is 22.4. The molecule has 356 valence electrons. The number of carbonyl (C=O) groups is 6. The van der Waals surface area contributed by atoms with Crippen molar-refractivity contribution in [3.8, 4) is 28.5 Å². The lowest BCUT2D eigenvalue weighted by Gasteiger charge is -2.32. The van der Waals surface area contributed by atoms with Gasteiger partial charge in [-0.2, -0.15) is 5.10 Å². The molecule has 0 saturated carbocycles. The molecular weight excluding hydrogens is 881 g/mol. The quantitative estimate of drug-likeness (QED) is 0.0573. The van der Waals surface area contributed by atoms with Crippen LogP contribution in [0, 0.1) is 0 Å². The Morgan fingerprint density at radius 3 is 2.29 bits per heavy atom. The number of ether oxygens (including phenoxy) is 5. The number of likely N-dealkylation sites (tertiary alicyclic amines) is 1. The highest BCUT2D eigenvalue weighted by molar-refractivity contribution is 6.24. The Kier molecular flexibility index (Phi) is 15.6. The summed E-state index contributed by atoms with van der Waals surface area (Å²) in [6.45, 7) is 3.01. The number of carbonyl (C=O) groups excluding carboxylic acids is 6. The van der Waals surface area contributed by atoms with Crippen LogP contribution in [0.5, 0.6) is 17.2 Å². The van der Waals surface area contributed by atoms with Crippen molar-refractivity contribution in [2.24, 2.45) is 0 Å². The Hall–Kier alpha value is -7.33. The molecule has 2 saturated heterocycles. The molecule has 5 heterocycles. The lowest BCUT2D eigenvalue weighted by atomic mass is 10.0. The van der Waals surface area contributed by atoms with E-state index in [0.29, 0.717) is 41.4 Å². The first kappa shape index (κ1) is 47.2. The first-order chi connectivity index (χ1) is 33.1. The van der Waals surface area contributed by atoms with E-state index in [0.717, 1.165) is 35.6 Å². The van der Waals surface area contributed by atoms with Crippen LogP contribution in [0.3, 0.4) is 0 Å². The molecule has 6 amide bonds. The maximum atomic E-state index is 13.2. The van der Waals surface area contributed by atoms with Gasteiger partial charge in [0.1, 0.15) is 54.3 Å². The van der Waals surface area contributed by atoms with Crippen molar-refractivity contribution in [3.63, 3.8) is 0 Å². The average Bonchev–Trinajstić information content (AvgIpc) is 3.85. The molecule has 21 nitrogen and oxygen atoms in total. The van der Waals surface area contributed by atoms with Crippen LogP contribution in [-0.2, 0) is 33.4 Å². The topological polar surface area (TPSA) is 261 Å². The van der Waals surface area contributed by atoms with Crippen LogP contribution < -0.4 is 31.2 Å². The Morgan fingerprint density at radius 1 is 0.779 bits per heavy atom. The van der Waals surface area contributed by atoms with Gasteiger partial charge in [0.05, 0.1) is 62.1 Å². The average molecular weight is 933 g/mol. The first-order valence-corrected chi connectivity index (χ1v) is 22.4. The van der Waals surface area contributed by atoms with Crippen molar-refractivity contribution in [2.45, 2.75) is 37.8 Å². The zero-order valence-electron chi connectivity index (χ0n) is 37.2. The van der Waals surface area contributed by atoms with E-state index in [1.54, 1.807) is 12.1 Å². The van der Waals surface area contributed by atoms with Crippen LogP contribution in [-0.4, -0.2) is 150 Å². The number of nitrogens with zero attached hydrogens (tertiary/aromatic N) is 6. The van der Waals surface area contributed by atoms with E-state index < -0.39 is 29.7 Å². The lowest BCUT2D eigenvalue weighted by Crippen LogP contribution is -2.54. The van der Waals surface area contributed by atoms with E-state index in [4.69, 9.17) is 34.5 Å². The molecule has 0 aliphatic carbocycles. The molecule has 3 aliphatic rings. The van der Waals surface area contributed by atoms with Crippen LogP contribution in [0.4, 0.5) is 5.82 Å². The van der Waals surface area contributed by atoms with Gasteiger partial charge >= 0.3 is 0 Å². The Morgan fingerprint density at radius 2 is 1.51 bits per heavy atom. The van der Waals surface area contributed by atoms with Gasteiger partial charge in [0, 0.05) is 31.6 Å². The van der Waals surface area contributed by atoms with Gasteiger partial charge in [-0.15, -0.1) is 0 Å². The van der Waals surface area contributed by atoms with E-state index in [2.05, 4.69) is 30.8 Å². The molecule has 3 aromatic carbocycles. The number of nitrogens with one attached hydrogen (secondary N) is 3. The molecule has 2 atom stereocenters. The van der Waals surface area contributed by atoms with Gasteiger partial charge in [0.25, 0.3) is 11.8 Å². The highest BCUT2D eigenvalue weighted by Gasteiger charge is 2.46. The number of amides is 6. The molecule has 1 unspecified atom stereocenters. The minimum absolute atomic E-state index is 0.0230. The largest absolute Gasteiger partial charge is 0.490 e. The summed E-state index contributed by atoms with van der Waals surface area (Å²) in [4.78, 5) is 87.0. The van der Waals surface area contributed by atoms with E-state index in [9.17, 15) is 28.8 Å². The smallest absolute Gasteiger partial charge is 0.266 e. The van der Waals surface area contributed by atoms with Gasteiger partial charge in [-0.3, -0.25) is 43.9 Å². The number of fused-ring (bicyclic) bond motifs is 2. The van der Waals surface area contributed by atoms with Gasteiger partial charge in [0.2, 0.25) is 23.6 Å². The van der Waals surface area contributed by atoms with Crippen LogP contribution >= 0.6 is 0 Å². The zero-order valence-corrected chi connectivity index (χ0v) is 37.2. The van der Waals surface area contributed by atoms with Crippen molar-refractivity contribution < 1.29 is 52.5 Å².